The van der Waals surface area contributed by atoms with Gasteiger partial charge in [0.25, 0.3) is 0 Å². The van der Waals surface area contributed by atoms with E-state index in [1.54, 1.807) is 24.8 Å². The van der Waals surface area contributed by atoms with Crippen LogP contribution in [0.25, 0.3) is 22.1 Å². The van der Waals surface area contributed by atoms with Crippen LogP contribution in [0.3, 0.4) is 0 Å². The maximum atomic E-state index is 6.41. The molecule has 4 fully saturated rings. The Morgan fingerprint density at radius 2 is 0.889 bits per heavy atom. The average Bonchev–Trinajstić information content (AvgIpc) is 3.39. The Balaban J connectivity index is 0.000000156. The molecule has 380 valence electrons. The van der Waals surface area contributed by atoms with E-state index in [0.717, 1.165) is 174 Å². The number of hydrogen-bond donors (Lipinski definition) is 2. The van der Waals surface area contributed by atoms with Crippen LogP contribution in [0.4, 0.5) is 23.0 Å². The number of benzene rings is 2. The number of anilines is 4. The Bertz CT molecular complexity index is 2640. The first-order valence-corrected chi connectivity index (χ1v) is 26.7. The molecule has 4 saturated heterocycles. The summed E-state index contributed by atoms with van der Waals surface area (Å²) in [6.07, 6.45) is 14.2. The quantitative estimate of drug-likeness (QED) is 0.187. The number of hydrogen-bond acceptors (Lipinski definition) is 16. The third-order valence-electron chi connectivity index (χ3n) is 15.9. The lowest BCUT2D eigenvalue weighted by Crippen LogP contribution is -2.54. The molecule has 6 aliphatic rings. The zero-order valence-electron chi connectivity index (χ0n) is 43.3. The molecule has 2 N–H and O–H groups in total. The third kappa shape index (κ3) is 10.6. The van der Waals surface area contributed by atoms with Crippen LogP contribution in [0.15, 0.2) is 73.6 Å². The number of ether oxygens (including phenoxy) is 2. The van der Waals surface area contributed by atoms with Gasteiger partial charge < -0.3 is 39.7 Å². The molecule has 0 saturated carbocycles. The summed E-state index contributed by atoms with van der Waals surface area (Å²) in [5.41, 5.74) is 14.2. The lowest BCUT2D eigenvalue weighted by atomic mass is 9.97. The van der Waals surface area contributed by atoms with Crippen molar-refractivity contribution in [2.75, 3.05) is 124 Å². The van der Waals surface area contributed by atoms with Gasteiger partial charge in [0.1, 0.15) is 22.7 Å². The van der Waals surface area contributed by atoms with E-state index in [4.69, 9.17) is 19.4 Å². The highest BCUT2D eigenvalue weighted by atomic mass is 16.5. The summed E-state index contributed by atoms with van der Waals surface area (Å²) in [5.74, 6) is 2.23. The topological polar surface area (TPSA) is 139 Å². The fourth-order valence-corrected chi connectivity index (χ4v) is 12.1. The van der Waals surface area contributed by atoms with Gasteiger partial charge in [-0.3, -0.25) is 29.7 Å². The molecule has 16 nitrogen and oxygen atoms in total. The highest BCUT2D eigenvalue weighted by Crippen LogP contribution is 2.32. The van der Waals surface area contributed by atoms with Crippen molar-refractivity contribution in [2.24, 2.45) is 0 Å². The van der Waals surface area contributed by atoms with E-state index in [1.165, 1.54) is 22.3 Å². The van der Waals surface area contributed by atoms with Gasteiger partial charge in [0.15, 0.2) is 0 Å². The van der Waals surface area contributed by atoms with Crippen LogP contribution in [0.2, 0.25) is 0 Å². The van der Waals surface area contributed by atoms with Gasteiger partial charge in [-0.1, -0.05) is 12.1 Å². The van der Waals surface area contributed by atoms with Crippen LogP contribution >= 0.6 is 0 Å². The zero-order chi connectivity index (χ0) is 49.3. The summed E-state index contributed by atoms with van der Waals surface area (Å²) in [6.45, 7) is 28.6. The van der Waals surface area contributed by atoms with E-state index in [0.29, 0.717) is 12.1 Å². The van der Waals surface area contributed by atoms with E-state index in [9.17, 15) is 0 Å². The average molecular weight is 975 g/mol. The van der Waals surface area contributed by atoms with Crippen LogP contribution in [0, 0.1) is 13.8 Å². The molecule has 0 radical (unpaired) electrons. The second-order valence-corrected chi connectivity index (χ2v) is 21.2. The largest absolute Gasteiger partial charge is 0.370 e. The number of morpholine rings is 2. The van der Waals surface area contributed by atoms with E-state index in [-0.39, 0.29) is 24.4 Å². The predicted molar refractivity (Wildman–Crippen MR) is 288 cm³/mol. The molecule has 16 heteroatoms. The van der Waals surface area contributed by atoms with Gasteiger partial charge >= 0.3 is 0 Å². The number of nitrogens with one attached hydrogen (secondary N) is 2. The highest BCUT2D eigenvalue weighted by Gasteiger charge is 2.32. The van der Waals surface area contributed by atoms with Crippen LogP contribution in [-0.2, 0) is 22.3 Å². The van der Waals surface area contributed by atoms with E-state index >= 15 is 0 Å². The molecule has 0 spiro atoms. The molecule has 0 aliphatic carbocycles. The molecule has 0 bridgehead atoms. The molecule has 0 unspecified atom stereocenters. The van der Waals surface area contributed by atoms with Gasteiger partial charge in [0, 0.05) is 141 Å². The van der Waals surface area contributed by atoms with E-state index in [1.807, 2.05) is 0 Å². The summed E-state index contributed by atoms with van der Waals surface area (Å²) >= 11 is 0. The number of fused-ring (bicyclic) bond motifs is 4. The van der Waals surface area contributed by atoms with Gasteiger partial charge in [-0.15, -0.1) is 0 Å². The van der Waals surface area contributed by atoms with Gasteiger partial charge in [-0.05, 0) is 125 Å². The van der Waals surface area contributed by atoms with Crippen LogP contribution < -0.4 is 30.2 Å². The first kappa shape index (κ1) is 48.6. The number of piperazine rings is 2. The Labute approximate surface area is 425 Å². The molecule has 4 aromatic heterocycles. The molecule has 12 rings (SSSR count). The molecule has 6 aromatic rings. The molecule has 6 atom stereocenters. The summed E-state index contributed by atoms with van der Waals surface area (Å²) in [4.78, 5) is 43.0. The van der Waals surface area contributed by atoms with Crippen LogP contribution in [-0.4, -0.2) is 169 Å². The van der Waals surface area contributed by atoms with Crippen molar-refractivity contribution in [1.29, 1.82) is 0 Å². The lowest BCUT2D eigenvalue weighted by molar-refractivity contribution is -0.0329. The van der Waals surface area contributed by atoms with Crippen molar-refractivity contribution < 1.29 is 9.47 Å². The van der Waals surface area contributed by atoms with Gasteiger partial charge in [-0.2, -0.15) is 0 Å². The van der Waals surface area contributed by atoms with E-state index in [2.05, 4.69) is 150 Å². The summed E-state index contributed by atoms with van der Waals surface area (Å²) in [7, 11) is 0. The number of aromatic nitrogens is 6. The minimum atomic E-state index is 0.169. The lowest BCUT2D eigenvalue weighted by Gasteiger charge is -2.42. The number of nitrogens with zero attached hydrogens (tertiary/aromatic N) is 12. The monoisotopic (exact) mass is 975 g/mol. The molecular formula is C56H74N14O2. The van der Waals surface area contributed by atoms with Crippen molar-refractivity contribution in [2.45, 2.75) is 90.9 Å². The molecule has 72 heavy (non-hydrogen) atoms. The fourth-order valence-electron chi connectivity index (χ4n) is 12.1. The van der Waals surface area contributed by atoms with Crippen LogP contribution in [0.1, 0.15) is 73.2 Å². The van der Waals surface area contributed by atoms with Crippen LogP contribution in [0.5, 0.6) is 0 Å². The van der Waals surface area contributed by atoms with Crippen molar-refractivity contribution in [3.63, 3.8) is 0 Å². The number of aryl methyl sites for hydroxylation is 2. The van der Waals surface area contributed by atoms with E-state index < -0.39 is 0 Å². The second-order valence-electron chi connectivity index (χ2n) is 21.2. The van der Waals surface area contributed by atoms with Crippen molar-refractivity contribution in [3.8, 4) is 0 Å². The standard InChI is InChI=1S/2C28H37N7O/c2*1-19-4-5-25(28-27(19)30-8-9-31-28)35-16-20(2)36-23(18-35)17-33-10-12-34(13-11-33)26-14-24-21(3)29-7-6-22(24)15-32-26/h2*4-5,8-9,14-15,20-21,23,29H,6-7,10-13,16-18H2,1-3H3/t20-,21+,23+;20-,21-,23+/m11/s1. The predicted octanol–water partition coefficient (Wildman–Crippen LogP) is 5.91. The van der Waals surface area contributed by atoms with Gasteiger partial charge in [0.05, 0.1) is 46.8 Å². The van der Waals surface area contributed by atoms with Crippen molar-refractivity contribution in [1.82, 2.24) is 50.3 Å². The molecule has 6 aliphatic heterocycles. The third-order valence-corrected chi connectivity index (χ3v) is 15.9. The zero-order valence-corrected chi connectivity index (χ0v) is 43.3. The first-order chi connectivity index (χ1) is 35.1. The summed E-state index contributed by atoms with van der Waals surface area (Å²) < 4.78 is 12.8. The Morgan fingerprint density at radius 1 is 0.486 bits per heavy atom. The fraction of sp³-hybridized carbons (Fsp3) is 0.536. The minimum Gasteiger partial charge on any atom is -0.370 e. The molecular weight excluding hydrogens is 901 g/mol. The van der Waals surface area contributed by atoms with Gasteiger partial charge in [-0.25, -0.2) is 9.97 Å². The maximum absolute atomic E-state index is 6.41. The normalized spacial score (nSPS) is 25.2. The SMILES string of the molecule is Cc1ccc(N2C[C@H](CN3CCN(c4cc5c(cn4)CCN[C@@H]5C)CC3)O[C@H](C)C2)c2nccnc12.Cc1ccc(N2C[C@H](CN3CCN(c4cc5c(cn4)CCN[C@H]5C)CC3)O[C@H](C)C2)c2nccnc12. The molecule has 0 amide bonds. The second kappa shape index (κ2) is 21.5. The Hall–Kier alpha value is -5.62. The molecule has 10 heterocycles. The Kier molecular flexibility index (Phi) is 14.5. The maximum Gasteiger partial charge on any atom is 0.128 e. The minimum absolute atomic E-state index is 0.169. The molecule has 2 aromatic carbocycles. The summed E-state index contributed by atoms with van der Waals surface area (Å²) in [6, 6.07) is 14.1. The van der Waals surface area contributed by atoms with Gasteiger partial charge in [0.2, 0.25) is 0 Å². The number of pyridine rings is 2. The van der Waals surface area contributed by atoms with Crippen molar-refractivity contribution >= 4 is 45.1 Å². The first-order valence-electron chi connectivity index (χ1n) is 26.7. The number of rotatable bonds is 8. The Morgan fingerprint density at radius 3 is 1.31 bits per heavy atom. The smallest absolute Gasteiger partial charge is 0.128 e. The van der Waals surface area contributed by atoms with Crippen molar-refractivity contribution in [3.05, 3.63) is 107 Å². The highest BCUT2D eigenvalue weighted by molar-refractivity contribution is 5.91. The summed E-state index contributed by atoms with van der Waals surface area (Å²) in [5, 5.41) is 7.14.